The predicted octanol–water partition coefficient (Wildman–Crippen LogP) is 2.60. The highest BCUT2D eigenvalue weighted by atomic mass is 32.2. The standard InChI is InChI=1S/C19H21NO5S/c1-19(2,18(22)23)20(3)17(21)15-10-7-11-16(12-15)26(24,25)13-14-8-5-4-6-9-14/h4-12H,13H2,1-3H3,(H,22,23). The van der Waals surface area contributed by atoms with Crippen molar-refractivity contribution >= 4 is 21.7 Å². The maximum Gasteiger partial charge on any atom is 0.329 e. The molecule has 0 atom stereocenters. The van der Waals surface area contributed by atoms with E-state index in [4.69, 9.17) is 0 Å². The number of carbonyl (C=O) groups excluding carboxylic acids is 1. The van der Waals surface area contributed by atoms with Gasteiger partial charge in [0.05, 0.1) is 10.6 Å². The van der Waals surface area contributed by atoms with E-state index < -0.39 is 27.3 Å². The quantitative estimate of drug-likeness (QED) is 0.838. The van der Waals surface area contributed by atoms with Gasteiger partial charge in [-0.1, -0.05) is 36.4 Å². The molecule has 0 aliphatic heterocycles. The number of aliphatic carboxylic acids is 1. The van der Waals surface area contributed by atoms with Crippen LogP contribution in [0, 0.1) is 0 Å². The fourth-order valence-electron chi connectivity index (χ4n) is 2.29. The Kier molecular flexibility index (Phi) is 5.51. The van der Waals surface area contributed by atoms with Gasteiger partial charge in [-0.2, -0.15) is 0 Å². The minimum atomic E-state index is -3.63. The molecule has 0 saturated carbocycles. The minimum absolute atomic E-state index is 0.0220. The van der Waals surface area contributed by atoms with Crippen molar-refractivity contribution in [2.24, 2.45) is 0 Å². The molecule has 26 heavy (non-hydrogen) atoms. The van der Waals surface area contributed by atoms with E-state index in [2.05, 4.69) is 0 Å². The Bertz CT molecular complexity index is 920. The second-order valence-corrected chi connectivity index (χ2v) is 8.49. The van der Waals surface area contributed by atoms with Crippen molar-refractivity contribution in [3.05, 3.63) is 65.7 Å². The molecule has 6 nitrogen and oxygen atoms in total. The predicted molar refractivity (Wildman–Crippen MR) is 97.6 cm³/mol. The van der Waals surface area contributed by atoms with Crippen LogP contribution >= 0.6 is 0 Å². The number of sulfone groups is 1. The van der Waals surface area contributed by atoms with E-state index in [-0.39, 0.29) is 16.2 Å². The summed E-state index contributed by atoms with van der Waals surface area (Å²) >= 11 is 0. The van der Waals surface area contributed by atoms with Gasteiger partial charge in [-0.05, 0) is 37.6 Å². The first-order chi connectivity index (χ1) is 12.1. The highest BCUT2D eigenvalue weighted by Crippen LogP contribution is 2.21. The van der Waals surface area contributed by atoms with Gasteiger partial charge in [0.2, 0.25) is 0 Å². The Balaban J connectivity index is 2.33. The topological polar surface area (TPSA) is 91.8 Å². The zero-order valence-electron chi connectivity index (χ0n) is 14.8. The van der Waals surface area contributed by atoms with Gasteiger partial charge in [0.1, 0.15) is 5.54 Å². The summed E-state index contributed by atoms with van der Waals surface area (Å²) in [7, 11) is -2.26. The third-order valence-corrected chi connectivity index (χ3v) is 5.99. The Hall–Kier alpha value is -2.67. The van der Waals surface area contributed by atoms with Gasteiger partial charge in [0, 0.05) is 12.6 Å². The van der Waals surface area contributed by atoms with Crippen LogP contribution in [-0.2, 0) is 20.4 Å². The molecule has 1 amide bonds. The summed E-state index contributed by atoms with van der Waals surface area (Å²) < 4.78 is 25.3. The number of hydrogen-bond acceptors (Lipinski definition) is 4. The minimum Gasteiger partial charge on any atom is -0.480 e. The van der Waals surface area contributed by atoms with Crippen LogP contribution in [0.1, 0.15) is 29.8 Å². The van der Waals surface area contributed by atoms with E-state index in [1.807, 2.05) is 0 Å². The molecule has 2 aromatic rings. The van der Waals surface area contributed by atoms with E-state index in [0.29, 0.717) is 5.56 Å². The van der Waals surface area contributed by atoms with Gasteiger partial charge in [-0.15, -0.1) is 0 Å². The third-order valence-electron chi connectivity index (χ3n) is 4.31. The van der Waals surface area contributed by atoms with Crippen molar-refractivity contribution in [1.29, 1.82) is 0 Å². The molecule has 0 saturated heterocycles. The maximum atomic E-state index is 12.6. The molecule has 138 valence electrons. The van der Waals surface area contributed by atoms with Gasteiger partial charge in [0.15, 0.2) is 9.84 Å². The molecule has 0 unspecified atom stereocenters. The number of benzene rings is 2. The van der Waals surface area contributed by atoms with Crippen LogP contribution in [-0.4, -0.2) is 42.9 Å². The molecule has 0 aliphatic carbocycles. The fourth-order valence-corrected chi connectivity index (χ4v) is 3.68. The largest absolute Gasteiger partial charge is 0.480 e. The summed E-state index contributed by atoms with van der Waals surface area (Å²) in [4.78, 5) is 25.0. The second kappa shape index (κ2) is 7.29. The van der Waals surface area contributed by atoms with Crippen molar-refractivity contribution in [1.82, 2.24) is 4.90 Å². The second-order valence-electron chi connectivity index (χ2n) is 6.50. The number of likely N-dealkylation sites (N-methyl/N-ethyl adjacent to an activating group) is 1. The zero-order valence-corrected chi connectivity index (χ0v) is 15.7. The van der Waals surface area contributed by atoms with Crippen molar-refractivity contribution in [2.75, 3.05) is 7.05 Å². The monoisotopic (exact) mass is 375 g/mol. The van der Waals surface area contributed by atoms with Crippen molar-refractivity contribution in [3.8, 4) is 0 Å². The number of carboxylic acid groups (broad SMARTS) is 1. The Morgan fingerprint density at radius 2 is 1.65 bits per heavy atom. The zero-order chi connectivity index (χ0) is 19.5. The average Bonchev–Trinajstić information content (AvgIpc) is 2.61. The van der Waals surface area contributed by atoms with Gasteiger partial charge < -0.3 is 10.0 Å². The smallest absolute Gasteiger partial charge is 0.329 e. The van der Waals surface area contributed by atoms with E-state index in [0.717, 1.165) is 4.90 Å². The Morgan fingerprint density at radius 1 is 1.04 bits per heavy atom. The molecule has 0 heterocycles. The van der Waals surface area contributed by atoms with Crippen LogP contribution in [0.3, 0.4) is 0 Å². The van der Waals surface area contributed by atoms with Crippen LogP contribution in [0.15, 0.2) is 59.5 Å². The van der Waals surface area contributed by atoms with E-state index in [1.54, 1.807) is 30.3 Å². The number of rotatable bonds is 6. The lowest BCUT2D eigenvalue weighted by Gasteiger charge is -2.31. The first kappa shape index (κ1) is 19.7. The lowest BCUT2D eigenvalue weighted by atomic mass is 10.0. The summed E-state index contributed by atoms with van der Waals surface area (Å²) in [5.74, 6) is -1.89. The van der Waals surface area contributed by atoms with Crippen LogP contribution < -0.4 is 0 Å². The lowest BCUT2D eigenvalue weighted by Crippen LogP contribution is -2.50. The molecule has 0 spiro atoms. The molecule has 7 heteroatoms. The number of amides is 1. The molecule has 2 rings (SSSR count). The molecule has 2 aromatic carbocycles. The molecule has 0 radical (unpaired) electrons. The van der Waals surface area contributed by atoms with Crippen LogP contribution in [0.25, 0.3) is 0 Å². The van der Waals surface area contributed by atoms with E-state index in [1.165, 1.54) is 45.2 Å². The molecule has 0 aliphatic rings. The van der Waals surface area contributed by atoms with Gasteiger partial charge in [-0.3, -0.25) is 4.79 Å². The molecule has 0 bridgehead atoms. The first-order valence-corrected chi connectivity index (χ1v) is 9.59. The van der Waals surface area contributed by atoms with Crippen molar-refractivity contribution < 1.29 is 23.1 Å². The first-order valence-electron chi connectivity index (χ1n) is 7.94. The number of nitrogens with zero attached hydrogens (tertiary/aromatic N) is 1. The number of hydrogen-bond donors (Lipinski definition) is 1. The van der Waals surface area contributed by atoms with Crippen LogP contribution in [0.5, 0.6) is 0 Å². The SMILES string of the molecule is CN(C(=O)c1cccc(S(=O)(=O)Cc2ccccc2)c1)C(C)(C)C(=O)O. The lowest BCUT2D eigenvalue weighted by molar-refractivity contribution is -0.147. The van der Waals surface area contributed by atoms with Gasteiger partial charge in [-0.25, -0.2) is 13.2 Å². The number of carbonyl (C=O) groups is 2. The van der Waals surface area contributed by atoms with Crippen LogP contribution in [0.4, 0.5) is 0 Å². The normalized spacial score (nSPS) is 11.8. The molecule has 0 aromatic heterocycles. The average molecular weight is 375 g/mol. The van der Waals surface area contributed by atoms with E-state index >= 15 is 0 Å². The Labute approximate surface area is 153 Å². The summed E-state index contributed by atoms with van der Waals surface area (Å²) in [6.45, 7) is 2.81. The summed E-state index contributed by atoms with van der Waals surface area (Å²) in [5, 5.41) is 9.27. The molecule has 1 N–H and O–H groups in total. The molecule has 0 fully saturated rings. The molecular formula is C19H21NO5S. The molecular weight excluding hydrogens is 354 g/mol. The Morgan fingerprint density at radius 3 is 2.23 bits per heavy atom. The van der Waals surface area contributed by atoms with Crippen LogP contribution in [0.2, 0.25) is 0 Å². The van der Waals surface area contributed by atoms with Gasteiger partial charge >= 0.3 is 5.97 Å². The van der Waals surface area contributed by atoms with Crippen molar-refractivity contribution in [2.45, 2.75) is 30.0 Å². The van der Waals surface area contributed by atoms with E-state index in [9.17, 15) is 23.1 Å². The summed E-state index contributed by atoms with van der Waals surface area (Å²) in [5.41, 5.74) is -0.653. The highest BCUT2D eigenvalue weighted by molar-refractivity contribution is 7.90. The highest BCUT2D eigenvalue weighted by Gasteiger charge is 2.35. The summed E-state index contributed by atoms with van der Waals surface area (Å²) in [6, 6.07) is 14.4. The third kappa shape index (κ3) is 4.11. The van der Waals surface area contributed by atoms with Gasteiger partial charge in [0.25, 0.3) is 5.91 Å². The van der Waals surface area contributed by atoms with Crippen molar-refractivity contribution in [3.63, 3.8) is 0 Å². The maximum absolute atomic E-state index is 12.6. The fraction of sp³-hybridized carbons (Fsp3) is 0.263. The number of carboxylic acids is 1. The summed E-state index contributed by atoms with van der Waals surface area (Å²) in [6.07, 6.45) is 0.